The van der Waals surface area contributed by atoms with Gasteiger partial charge >= 0.3 is 0 Å². The second-order valence-electron chi connectivity index (χ2n) is 4.32. The van der Waals surface area contributed by atoms with Crippen LogP contribution in [0, 0.1) is 0 Å². The molecule has 0 aliphatic carbocycles. The van der Waals surface area contributed by atoms with E-state index in [0.717, 1.165) is 41.4 Å². The number of aldehydes is 1. The topological polar surface area (TPSA) is 42.4 Å². The maximum Gasteiger partial charge on any atom is 0.186 e. The molecule has 1 aromatic rings. The number of thiazole rings is 1. The quantitative estimate of drug-likeness (QED) is 0.772. The van der Waals surface area contributed by atoms with Gasteiger partial charge in [0.05, 0.1) is 22.7 Å². The number of hydrogen-bond acceptors (Lipinski definition) is 5. The van der Waals surface area contributed by atoms with Crippen molar-refractivity contribution < 1.29 is 9.53 Å². The first-order valence-electron chi connectivity index (χ1n) is 5.96. The number of carbonyl (C=O) groups excluding carboxylic acids is 1. The molecule has 94 valence electrons. The fourth-order valence-corrected chi connectivity index (χ4v) is 3.21. The van der Waals surface area contributed by atoms with Crippen LogP contribution in [-0.4, -0.2) is 37.1 Å². The lowest BCUT2D eigenvalue weighted by atomic mass is 10.1. The monoisotopic (exact) mass is 254 g/mol. The molecule has 1 saturated heterocycles. The van der Waals surface area contributed by atoms with Crippen molar-refractivity contribution in [1.82, 2.24) is 4.98 Å². The number of carbonyl (C=O) groups is 1. The maximum absolute atomic E-state index is 10.9. The first kappa shape index (κ1) is 12.5. The minimum Gasteiger partial charge on any atom is -0.376 e. The molecule has 1 aliphatic rings. The number of ether oxygens (including phenoxy) is 1. The molecule has 2 heterocycles. The van der Waals surface area contributed by atoms with Crippen LogP contribution in [0.1, 0.15) is 35.6 Å². The highest BCUT2D eigenvalue weighted by Gasteiger charge is 2.29. The summed E-state index contributed by atoms with van der Waals surface area (Å²) >= 11 is 1.47. The second kappa shape index (κ2) is 5.14. The molecule has 2 rings (SSSR count). The SMILES string of the molecule is CCc1nc(N(C)C2CCOC2C)sc1C=O. The molecule has 0 aromatic carbocycles. The smallest absolute Gasteiger partial charge is 0.186 e. The van der Waals surface area contributed by atoms with Gasteiger partial charge in [0.1, 0.15) is 0 Å². The number of nitrogens with zero attached hydrogens (tertiary/aromatic N) is 2. The van der Waals surface area contributed by atoms with Crippen molar-refractivity contribution in [2.24, 2.45) is 0 Å². The van der Waals surface area contributed by atoms with Gasteiger partial charge in [-0.15, -0.1) is 0 Å². The van der Waals surface area contributed by atoms with Crippen LogP contribution in [-0.2, 0) is 11.2 Å². The van der Waals surface area contributed by atoms with E-state index < -0.39 is 0 Å². The molecule has 0 N–H and O–H groups in total. The van der Waals surface area contributed by atoms with Crippen LogP contribution >= 0.6 is 11.3 Å². The summed E-state index contributed by atoms with van der Waals surface area (Å²) in [5, 5.41) is 0.923. The first-order chi connectivity index (χ1) is 8.17. The van der Waals surface area contributed by atoms with E-state index in [4.69, 9.17) is 4.74 Å². The molecular weight excluding hydrogens is 236 g/mol. The standard InChI is InChI=1S/C12H18N2O2S/c1-4-9-11(7-15)17-12(13-9)14(3)10-5-6-16-8(10)2/h7-8,10H,4-6H2,1-3H3. The summed E-state index contributed by atoms with van der Waals surface area (Å²) in [6.07, 6.45) is 2.96. The number of hydrogen-bond donors (Lipinski definition) is 0. The highest BCUT2D eigenvalue weighted by molar-refractivity contribution is 7.17. The third-order valence-electron chi connectivity index (χ3n) is 3.29. The summed E-state index contributed by atoms with van der Waals surface area (Å²) in [6, 6.07) is 0.366. The van der Waals surface area contributed by atoms with Crippen molar-refractivity contribution in [1.29, 1.82) is 0 Å². The number of aromatic nitrogens is 1. The Labute approximate surface area is 106 Å². The van der Waals surface area contributed by atoms with E-state index in [1.807, 2.05) is 14.0 Å². The zero-order valence-corrected chi connectivity index (χ0v) is 11.3. The van der Waals surface area contributed by atoms with Crippen LogP contribution in [0.4, 0.5) is 5.13 Å². The van der Waals surface area contributed by atoms with Crippen molar-refractivity contribution in [2.75, 3.05) is 18.6 Å². The molecule has 0 amide bonds. The normalized spacial score (nSPS) is 23.9. The zero-order valence-electron chi connectivity index (χ0n) is 10.5. The van der Waals surface area contributed by atoms with Crippen LogP contribution in [0.3, 0.4) is 0 Å². The van der Waals surface area contributed by atoms with E-state index in [1.165, 1.54) is 11.3 Å². The molecule has 4 nitrogen and oxygen atoms in total. The average molecular weight is 254 g/mol. The third-order valence-corrected chi connectivity index (χ3v) is 4.41. The fourth-order valence-electron chi connectivity index (χ4n) is 2.22. The van der Waals surface area contributed by atoms with Crippen molar-refractivity contribution in [3.05, 3.63) is 10.6 Å². The Morgan fingerprint density at radius 3 is 2.88 bits per heavy atom. The molecule has 0 spiro atoms. The first-order valence-corrected chi connectivity index (χ1v) is 6.78. The summed E-state index contributed by atoms with van der Waals surface area (Å²) in [5.74, 6) is 0. The van der Waals surface area contributed by atoms with E-state index >= 15 is 0 Å². The summed E-state index contributed by atoms with van der Waals surface area (Å²) in [7, 11) is 2.03. The Bertz CT molecular complexity index is 405. The minimum absolute atomic E-state index is 0.230. The molecule has 1 fully saturated rings. The van der Waals surface area contributed by atoms with Crippen molar-refractivity contribution in [3.8, 4) is 0 Å². The molecule has 17 heavy (non-hydrogen) atoms. The van der Waals surface area contributed by atoms with Crippen LogP contribution < -0.4 is 4.90 Å². The summed E-state index contributed by atoms with van der Waals surface area (Å²) < 4.78 is 5.56. The Morgan fingerprint density at radius 2 is 2.41 bits per heavy atom. The lowest BCUT2D eigenvalue weighted by molar-refractivity contribution is 0.112. The van der Waals surface area contributed by atoms with Crippen molar-refractivity contribution in [3.63, 3.8) is 0 Å². The molecular formula is C12H18N2O2S. The van der Waals surface area contributed by atoms with Crippen LogP contribution in [0.5, 0.6) is 0 Å². The van der Waals surface area contributed by atoms with Crippen molar-refractivity contribution >= 4 is 22.8 Å². The van der Waals surface area contributed by atoms with Gasteiger partial charge in [-0.05, 0) is 19.8 Å². The van der Waals surface area contributed by atoms with Gasteiger partial charge in [0.2, 0.25) is 0 Å². The molecule has 2 atom stereocenters. The highest BCUT2D eigenvalue weighted by atomic mass is 32.1. The van der Waals surface area contributed by atoms with Gasteiger partial charge in [0.25, 0.3) is 0 Å². The van der Waals surface area contributed by atoms with Gasteiger partial charge in [-0.2, -0.15) is 0 Å². The number of rotatable bonds is 4. The van der Waals surface area contributed by atoms with Gasteiger partial charge < -0.3 is 9.64 Å². The largest absolute Gasteiger partial charge is 0.376 e. The zero-order chi connectivity index (χ0) is 12.4. The predicted molar refractivity (Wildman–Crippen MR) is 69.1 cm³/mol. The predicted octanol–water partition coefficient (Wildman–Crippen LogP) is 2.13. The maximum atomic E-state index is 10.9. The number of likely N-dealkylation sites (N-methyl/N-ethyl adjacent to an activating group) is 1. The Kier molecular flexibility index (Phi) is 3.79. The van der Waals surface area contributed by atoms with Crippen LogP contribution in [0.25, 0.3) is 0 Å². The van der Waals surface area contributed by atoms with E-state index in [2.05, 4.69) is 16.8 Å². The molecule has 2 unspecified atom stereocenters. The number of aryl methyl sites for hydroxylation is 1. The molecule has 1 aliphatic heterocycles. The Morgan fingerprint density at radius 1 is 1.65 bits per heavy atom. The van der Waals surface area contributed by atoms with Gasteiger partial charge in [0, 0.05) is 13.7 Å². The van der Waals surface area contributed by atoms with E-state index in [-0.39, 0.29) is 6.10 Å². The molecule has 0 saturated carbocycles. The van der Waals surface area contributed by atoms with Crippen molar-refractivity contribution in [2.45, 2.75) is 38.8 Å². The molecule has 0 bridgehead atoms. The molecule has 0 radical (unpaired) electrons. The lowest BCUT2D eigenvalue weighted by Gasteiger charge is -2.26. The fraction of sp³-hybridized carbons (Fsp3) is 0.667. The number of anilines is 1. The summed E-state index contributed by atoms with van der Waals surface area (Å²) in [5.41, 5.74) is 0.901. The van der Waals surface area contributed by atoms with Gasteiger partial charge in [0.15, 0.2) is 11.4 Å². The summed E-state index contributed by atoms with van der Waals surface area (Å²) in [4.78, 5) is 18.4. The van der Waals surface area contributed by atoms with E-state index in [1.54, 1.807) is 0 Å². The Balaban J connectivity index is 2.21. The minimum atomic E-state index is 0.230. The highest BCUT2D eigenvalue weighted by Crippen LogP contribution is 2.29. The molecule has 5 heteroatoms. The van der Waals surface area contributed by atoms with Gasteiger partial charge in [-0.1, -0.05) is 18.3 Å². The van der Waals surface area contributed by atoms with Gasteiger partial charge in [-0.3, -0.25) is 4.79 Å². The van der Waals surface area contributed by atoms with Gasteiger partial charge in [-0.25, -0.2) is 4.98 Å². The van der Waals surface area contributed by atoms with Crippen LogP contribution in [0.2, 0.25) is 0 Å². The molecule has 1 aromatic heterocycles. The van der Waals surface area contributed by atoms with E-state index in [9.17, 15) is 4.79 Å². The average Bonchev–Trinajstić information content (AvgIpc) is 2.93. The van der Waals surface area contributed by atoms with Crippen LogP contribution in [0.15, 0.2) is 0 Å². The lowest BCUT2D eigenvalue weighted by Crippen LogP contribution is -2.36. The Hall–Kier alpha value is -0.940. The van der Waals surface area contributed by atoms with E-state index in [0.29, 0.717) is 6.04 Å². The third kappa shape index (κ3) is 2.35. The summed E-state index contributed by atoms with van der Waals surface area (Å²) in [6.45, 7) is 4.92. The second-order valence-corrected chi connectivity index (χ2v) is 5.33.